The van der Waals surface area contributed by atoms with Crippen molar-refractivity contribution in [3.05, 3.63) is 36.0 Å². The molecule has 0 N–H and O–H groups in total. The van der Waals surface area contributed by atoms with Gasteiger partial charge in [-0.05, 0) is 6.07 Å². The van der Waals surface area contributed by atoms with Crippen LogP contribution in [0.1, 0.15) is 32.2 Å². The van der Waals surface area contributed by atoms with Crippen molar-refractivity contribution < 1.29 is 12.9 Å². The summed E-state index contributed by atoms with van der Waals surface area (Å²) in [4.78, 5) is 6.10. The highest BCUT2D eigenvalue weighted by Gasteiger charge is 2.31. The van der Waals surface area contributed by atoms with E-state index in [4.69, 9.17) is 4.52 Å². The van der Waals surface area contributed by atoms with Gasteiger partial charge in [0.1, 0.15) is 17.2 Å². The molecule has 3 heterocycles. The average molecular weight is 350 g/mol. The Morgan fingerprint density at radius 3 is 2.67 bits per heavy atom. The molecule has 0 amide bonds. The van der Waals surface area contributed by atoms with E-state index in [1.807, 2.05) is 38.8 Å². The standard InChI is InChI=1S/C16H22N4O3S/c1-16(2,3)15-9-12(18-23-15)11-24(21,22)20-8-7-19(4)13-5-6-17-10-14(13)20/h5-6,9-10H,7-8,11H2,1-4H3. The highest BCUT2D eigenvalue weighted by atomic mass is 32.2. The third kappa shape index (κ3) is 3.10. The lowest BCUT2D eigenvalue weighted by Gasteiger charge is -2.35. The van der Waals surface area contributed by atoms with Crippen LogP contribution in [0.15, 0.2) is 29.0 Å². The number of anilines is 2. The first-order valence-electron chi connectivity index (χ1n) is 7.80. The maximum atomic E-state index is 12.9. The van der Waals surface area contributed by atoms with Crippen molar-refractivity contribution in [1.82, 2.24) is 10.1 Å². The summed E-state index contributed by atoms with van der Waals surface area (Å²) in [6.45, 7) is 7.00. The van der Waals surface area contributed by atoms with Gasteiger partial charge in [-0.1, -0.05) is 25.9 Å². The van der Waals surface area contributed by atoms with E-state index < -0.39 is 10.0 Å². The molecule has 0 saturated carbocycles. The molecule has 0 atom stereocenters. The van der Waals surface area contributed by atoms with Gasteiger partial charge in [-0.25, -0.2) is 8.42 Å². The number of aromatic nitrogens is 2. The predicted octanol–water partition coefficient (Wildman–Crippen LogP) is 2.15. The molecule has 0 radical (unpaired) electrons. The van der Waals surface area contributed by atoms with Crippen molar-refractivity contribution in [2.45, 2.75) is 31.9 Å². The van der Waals surface area contributed by atoms with Gasteiger partial charge in [-0.15, -0.1) is 0 Å². The summed E-state index contributed by atoms with van der Waals surface area (Å²) in [6.07, 6.45) is 3.25. The highest BCUT2D eigenvalue weighted by Crippen LogP contribution is 2.33. The molecule has 0 aromatic carbocycles. The Balaban J connectivity index is 1.89. The zero-order valence-electron chi connectivity index (χ0n) is 14.4. The smallest absolute Gasteiger partial charge is 0.241 e. The quantitative estimate of drug-likeness (QED) is 0.844. The van der Waals surface area contributed by atoms with E-state index in [0.717, 1.165) is 5.69 Å². The average Bonchev–Trinajstić information content (AvgIpc) is 2.95. The molecule has 130 valence electrons. The second-order valence-electron chi connectivity index (χ2n) is 7.05. The molecule has 1 aliphatic heterocycles. The van der Waals surface area contributed by atoms with Gasteiger partial charge in [-0.3, -0.25) is 9.29 Å². The molecule has 0 unspecified atom stereocenters. The van der Waals surface area contributed by atoms with Gasteiger partial charge >= 0.3 is 0 Å². The monoisotopic (exact) mass is 350 g/mol. The van der Waals surface area contributed by atoms with E-state index in [-0.39, 0.29) is 11.2 Å². The molecular weight excluding hydrogens is 328 g/mol. The topological polar surface area (TPSA) is 79.5 Å². The van der Waals surface area contributed by atoms with Gasteiger partial charge in [0, 0.05) is 31.3 Å². The Labute approximate surface area is 142 Å². The first-order valence-corrected chi connectivity index (χ1v) is 9.41. The summed E-state index contributed by atoms with van der Waals surface area (Å²) in [7, 11) is -1.62. The van der Waals surface area contributed by atoms with Gasteiger partial charge < -0.3 is 9.42 Å². The van der Waals surface area contributed by atoms with Crippen LogP contribution in [0, 0.1) is 0 Å². The van der Waals surface area contributed by atoms with Crippen LogP contribution in [-0.2, 0) is 21.2 Å². The molecule has 0 spiro atoms. The highest BCUT2D eigenvalue weighted by molar-refractivity contribution is 7.92. The minimum atomic E-state index is -3.56. The number of hydrogen-bond acceptors (Lipinski definition) is 6. The number of likely N-dealkylation sites (N-methyl/N-ethyl adjacent to an activating group) is 1. The summed E-state index contributed by atoms with van der Waals surface area (Å²) >= 11 is 0. The second-order valence-corrected chi connectivity index (χ2v) is 8.94. The fourth-order valence-corrected chi connectivity index (χ4v) is 4.13. The maximum Gasteiger partial charge on any atom is 0.241 e. The van der Waals surface area contributed by atoms with Crippen LogP contribution < -0.4 is 9.21 Å². The van der Waals surface area contributed by atoms with Gasteiger partial charge in [0.2, 0.25) is 10.0 Å². The molecule has 0 bridgehead atoms. The summed E-state index contributed by atoms with van der Waals surface area (Å²) in [5.74, 6) is 0.484. The van der Waals surface area contributed by atoms with Crippen molar-refractivity contribution in [1.29, 1.82) is 0 Å². The summed E-state index contributed by atoms with van der Waals surface area (Å²) < 4.78 is 32.5. The molecule has 3 rings (SSSR count). The Hall–Kier alpha value is -2.09. The SMILES string of the molecule is CN1CCN(S(=O)(=O)Cc2cc(C(C)(C)C)on2)c2cnccc21. The molecular formula is C16H22N4O3S. The van der Waals surface area contributed by atoms with Gasteiger partial charge in [-0.2, -0.15) is 0 Å². The maximum absolute atomic E-state index is 12.9. The first-order chi connectivity index (χ1) is 11.2. The lowest BCUT2D eigenvalue weighted by molar-refractivity contribution is 0.326. The molecule has 0 fully saturated rings. The lowest BCUT2D eigenvalue weighted by atomic mass is 9.93. The van der Waals surface area contributed by atoms with Crippen LogP contribution in [-0.4, -0.2) is 38.7 Å². The number of sulfonamides is 1. The Morgan fingerprint density at radius 2 is 2.00 bits per heavy atom. The lowest BCUT2D eigenvalue weighted by Crippen LogP contribution is -2.43. The minimum Gasteiger partial charge on any atom is -0.371 e. The first kappa shape index (κ1) is 16.8. The molecule has 0 aliphatic carbocycles. The molecule has 7 nitrogen and oxygen atoms in total. The molecule has 1 aliphatic rings. The van der Waals surface area contributed by atoms with Gasteiger partial charge in [0.05, 0.1) is 24.1 Å². The van der Waals surface area contributed by atoms with E-state index in [2.05, 4.69) is 10.1 Å². The van der Waals surface area contributed by atoms with Crippen LogP contribution in [0.3, 0.4) is 0 Å². The largest absolute Gasteiger partial charge is 0.371 e. The van der Waals surface area contributed by atoms with Gasteiger partial charge in [0.15, 0.2) is 0 Å². The molecule has 24 heavy (non-hydrogen) atoms. The van der Waals surface area contributed by atoms with Gasteiger partial charge in [0.25, 0.3) is 0 Å². The van der Waals surface area contributed by atoms with E-state index in [0.29, 0.717) is 30.2 Å². The fraction of sp³-hybridized carbons (Fsp3) is 0.500. The summed E-state index contributed by atoms with van der Waals surface area (Å²) in [5, 5.41) is 3.93. The van der Waals surface area contributed by atoms with Crippen molar-refractivity contribution in [3.63, 3.8) is 0 Å². The fourth-order valence-electron chi connectivity index (χ4n) is 2.66. The molecule has 2 aromatic rings. The Bertz CT molecular complexity index is 839. The molecule has 8 heteroatoms. The number of nitrogens with zero attached hydrogens (tertiary/aromatic N) is 4. The zero-order chi connectivity index (χ0) is 17.5. The van der Waals surface area contributed by atoms with E-state index in [9.17, 15) is 8.42 Å². The predicted molar refractivity (Wildman–Crippen MR) is 92.7 cm³/mol. The molecule has 2 aromatic heterocycles. The van der Waals surface area contributed by atoms with Crippen molar-refractivity contribution in [2.75, 3.05) is 29.3 Å². The number of pyridine rings is 1. The minimum absolute atomic E-state index is 0.190. The summed E-state index contributed by atoms with van der Waals surface area (Å²) in [5.41, 5.74) is 1.67. The van der Waals surface area contributed by atoms with E-state index >= 15 is 0 Å². The van der Waals surface area contributed by atoms with Crippen molar-refractivity contribution in [2.24, 2.45) is 0 Å². The van der Waals surface area contributed by atoms with Crippen LogP contribution in [0.2, 0.25) is 0 Å². The van der Waals surface area contributed by atoms with Crippen molar-refractivity contribution in [3.8, 4) is 0 Å². The Morgan fingerprint density at radius 1 is 1.25 bits per heavy atom. The van der Waals surface area contributed by atoms with E-state index in [1.54, 1.807) is 18.5 Å². The third-order valence-electron chi connectivity index (χ3n) is 4.06. The van der Waals surface area contributed by atoms with Crippen LogP contribution in [0.5, 0.6) is 0 Å². The number of hydrogen-bond donors (Lipinski definition) is 0. The number of fused-ring (bicyclic) bond motifs is 1. The number of rotatable bonds is 3. The Kier molecular flexibility index (Phi) is 4.03. The summed E-state index contributed by atoms with van der Waals surface area (Å²) in [6, 6.07) is 3.54. The molecule has 0 saturated heterocycles. The normalized spacial score (nSPS) is 15.5. The van der Waals surface area contributed by atoms with E-state index in [1.165, 1.54) is 4.31 Å². The third-order valence-corrected chi connectivity index (χ3v) is 5.77. The van der Waals surface area contributed by atoms with Crippen LogP contribution in [0.4, 0.5) is 11.4 Å². The zero-order valence-corrected chi connectivity index (χ0v) is 15.2. The second kappa shape index (κ2) is 5.77. The van der Waals surface area contributed by atoms with Crippen LogP contribution >= 0.6 is 0 Å². The van der Waals surface area contributed by atoms with Crippen LogP contribution in [0.25, 0.3) is 0 Å². The van der Waals surface area contributed by atoms with Crippen molar-refractivity contribution >= 4 is 21.4 Å².